The van der Waals surface area contributed by atoms with Crippen LogP contribution in [-0.4, -0.2) is 64.0 Å². The maximum Gasteiger partial charge on any atom is 0.308 e. The molecule has 0 radical (unpaired) electrons. The number of aliphatic hydroxyl groups is 2. The van der Waals surface area contributed by atoms with Gasteiger partial charge in [0.25, 0.3) is 0 Å². The minimum Gasteiger partial charge on any atom is -0.508 e. The lowest BCUT2D eigenvalue weighted by molar-refractivity contribution is -0.143. The molecule has 3 rings (SSSR count). The molecule has 3 unspecified atom stereocenters. The number of phenolic OH excluding ortho intramolecular Hbond substituents is 1. The number of benzene rings is 2. The Morgan fingerprint density at radius 2 is 1.83 bits per heavy atom. The van der Waals surface area contributed by atoms with Crippen LogP contribution in [0.25, 0.3) is 0 Å². The average Bonchev–Trinajstić information content (AvgIpc) is 2.89. The van der Waals surface area contributed by atoms with E-state index in [-0.39, 0.29) is 30.2 Å². The molecule has 1 heterocycles. The normalized spacial score (nSPS) is 17.5. The van der Waals surface area contributed by atoms with Gasteiger partial charge in [-0.15, -0.1) is 0 Å². The third kappa shape index (κ3) is 9.69. The van der Waals surface area contributed by atoms with Crippen molar-refractivity contribution in [1.29, 1.82) is 0 Å². The van der Waals surface area contributed by atoms with Crippen molar-refractivity contribution in [3.63, 3.8) is 0 Å². The minimum atomic E-state index is -1.31. The van der Waals surface area contributed by atoms with Gasteiger partial charge in [0.1, 0.15) is 12.0 Å². The van der Waals surface area contributed by atoms with Crippen LogP contribution in [0.1, 0.15) is 70.0 Å². The van der Waals surface area contributed by atoms with E-state index in [0.717, 1.165) is 10.0 Å². The maximum atomic E-state index is 13.2. The Bertz CT molecular complexity index is 1300. The molecule has 0 spiro atoms. The monoisotopic (exact) mass is 647 g/mol. The summed E-state index contributed by atoms with van der Waals surface area (Å²) in [6.07, 6.45) is -1.53. The quantitative estimate of drug-likeness (QED) is 0.170. The van der Waals surface area contributed by atoms with E-state index in [1.807, 2.05) is 32.0 Å². The molecule has 42 heavy (non-hydrogen) atoms. The number of guanidine groups is 1. The topological polar surface area (TPSA) is 176 Å². The average molecular weight is 649 g/mol. The zero-order valence-corrected chi connectivity index (χ0v) is 26.2. The zero-order chi connectivity index (χ0) is 31.2. The van der Waals surface area contributed by atoms with E-state index in [0.29, 0.717) is 35.7 Å². The fraction of sp³-hybridized carbons (Fsp3) is 0.500. The van der Waals surface area contributed by atoms with Crippen molar-refractivity contribution in [3.8, 4) is 5.75 Å². The number of carboxylic acids is 1. The van der Waals surface area contributed by atoms with Crippen molar-refractivity contribution in [3.05, 3.63) is 57.6 Å². The van der Waals surface area contributed by atoms with Crippen molar-refractivity contribution in [2.45, 2.75) is 64.8 Å². The molecule has 0 aromatic heterocycles. The van der Waals surface area contributed by atoms with Gasteiger partial charge in [0, 0.05) is 28.3 Å². The second kappa shape index (κ2) is 14.3. The van der Waals surface area contributed by atoms with E-state index in [1.165, 1.54) is 12.1 Å². The van der Waals surface area contributed by atoms with Gasteiger partial charge in [-0.2, -0.15) is 0 Å². The molecule has 2 aromatic rings. The number of amides is 1. The molecule has 0 saturated carbocycles. The number of aliphatic imine (C=N–C) groups is 1. The molecular formula is C30H42BrN5O6. The molecule has 1 amide bonds. The summed E-state index contributed by atoms with van der Waals surface area (Å²) in [6.45, 7) is 10.3. The molecule has 230 valence electrons. The van der Waals surface area contributed by atoms with Crippen molar-refractivity contribution < 1.29 is 30.0 Å². The number of aliphatic hydroxyl groups excluding tert-OH is 2. The van der Waals surface area contributed by atoms with Gasteiger partial charge >= 0.3 is 5.97 Å². The van der Waals surface area contributed by atoms with E-state index in [9.17, 15) is 30.0 Å². The highest BCUT2D eigenvalue weighted by Crippen LogP contribution is 2.34. The SMILES string of the molecule is CC(C)C[C@@H](C(=O)O)C(NC(=O)CNC(O)c1cc(O)cc(NC2=NCC(O)CN2)c1)c1cc(Br)cc(C(C)(C)C)c1. The molecule has 1 aliphatic heterocycles. The number of β-amino-alcohol motifs (C(OH)–C–C–N with tert-alkyl or cyclic N) is 1. The molecule has 8 N–H and O–H groups in total. The number of anilines is 1. The fourth-order valence-corrected chi connectivity index (χ4v) is 5.19. The predicted octanol–water partition coefficient (Wildman–Crippen LogP) is 3.37. The zero-order valence-electron chi connectivity index (χ0n) is 24.6. The number of nitrogens with one attached hydrogen (secondary N) is 4. The van der Waals surface area contributed by atoms with Gasteiger partial charge in [-0.25, -0.2) is 0 Å². The molecule has 0 fully saturated rings. The number of carboxylic acid groups (broad SMARTS) is 1. The van der Waals surface area contributed by atoms with E-state index < -0.39 is 36.2 Å². The largest absolute Gasteiger partial charge is 0.508 e. The second-order valence-corrected chi connectivity index (χ2v) is 13.0. The van der Waals surface area contributed by atoms with Gasteiger partial charge in [0.2, 0.25) is 5.91 Å². The molecule has 11 nitrogen and oxygen atoms in total. The number of nitrogens with zero attached hydrogens (tertiary/aromatic N) is 1. The number of carbonyl (C=O) groups is 2. The van der Waals surface area contributed by atoms with Gasteiger partial charge in [0.05, 0.1) is 31.2 Å². The standard InChI is InChI=1S/C30H42BrN5O6/c1-16(2)6-24(28(41)42)26(17-7-19(30(3,4)5)11-20(31)8-17)36-25(39)15-32-27(40)18-9-21(12-22(37)10-18)35-29-33-13-23(38)14-34-29/h7-12,16,23-24,26-27,32,37-38,40H,6,13-15H2,1-5H3,(H,36,39)(H,41,42)(H2,33,34,35)/t24-,26?,27?/m1/s1. The molecule has 4 atom stereocenters. The van der Waals surface area contributed by atoms with Gasteiger partial charge in [-0.05, 0) is 53.1 Å². The van der Waals surface area contributed by atoms with E-state index in [1.54, 1.807) is 6.07 Å². The summed E-state index contributed by atoms with van der Waals surface area (Å²) in [4.78, 5) is 29.7. The van der Waals surface area contributed by atoms with Crippen LogP contribution in [0.4, 0.5) is 5.69 Å². The fourth-order valence-electron chi connectivity index (χ4n) is 4.68. The number of carbonyl (C=O) groups excluding carboxylic acids is 1. The number of aromatic hydroxyl groups is 1. The first-order valence-electron chi connectivity index (χ1n) is 13.9. The smallest absolute Gasteiger partial charge is 0.308 e. The van der Waals surface area contributed by atoms with Gasteiger partial charge in [-0.3, -0.25) is 19.9 Å². The molecule has 0 aliphatic carbocycles. The Balaban J connectivity index is 1.77. The van der Waals surface area contributed by atoms with Crippen LogP contribution in [0.5, 0.6) is 5.75 Å². The lowest BCUT2D eigenvalue weighted by Crippen LogP contribution is -2.42. The van der Waals surface area contributed by atoms with Crippen molar-refractivity contribution >= 4 is 39.5 Å². The van der Waals surface area contributed by atoms with Crippen LogP contribution in [0.15, 0.2) is 45.9 Å². The van der Waals surface area contributed by atoms with Crippen LogP contribution < -0.4 is 21.3 Å². The van der Waals surface area contributed by atoms with Crippen molar-refractivity contribution in [2.75, 3.05) is 25.0 Å². The molecule has 12 heteroatoms. The van der Waals surface area contributed by atoms with Crippen LogP contribution in [0, 0.1) is 11.8 Å². The molecule has 1 aliphatic rings. The highest BCUT2D eigenvalue weighted by atomic mass is 79.9. The number of hydrogen-bond donors (Lipinski definition) is 8. The van der Waals surface area contributed by atoms with Crippen LogP contribution in [0.2, 0.25) is 0 Å². The summed E-state index contributed by atoms with van der Waals surface area (Å²) >= 11 is 3.54. The number of rotatable bonds is 11. The maximum absolute atomic E-state index is 13.2. The Morgan fingerprint density at radius 1 is 1.12 bits per heavy atom. The summed E-state index contributed by atoms with van der Waals surface area (Å²) in [6, 6.07) is 9.33. The number of halogens is 1. The number of phenols is 1. The molecule has 0 saturated heterocycles. The van der Waals surface area contributed by atoms with Crippen LogP contribution in [-0.2, 0) is 15.0 Å². The molecule has 2 aromatic carbocycles. The first-order valence-corrected chi connectivity index (χ1v) is 14.7. The summed E-state index contributed by atoms with van der Waals surface area (Å²) < 4.78 is 0.783. The summed E-state index contributed by atoms with van der Waals surface area (Å²) in [5.41, 5.74) is 2.20. The highest BCUT2D eigenvalue weighted by Gasteiger charge is 2.32. The van der Waals surface area contributed by atoms with Crippen molar-refractivity contribution in [2.24, 2.45) is 16.8 Å². The second-order valence-electron chi connectivity index (χ2n) is 12.1. The highest BCUT2D eigenvalue weighted by molar-refractivity contribution is 9.10. The summed E-state index contributed by atoms with van der Waals surface area (Å²) in [7, 11) is 0. The Kier molecular flexibility index (Phi) is 11.4. The van der Waals surface area contributed by atoms with Gasteiger partial charge < -0.3 is 36.4 Å². The number of aliphatic carboxylic acids is 1. The summed E-state index contributed by atoms with van der Waals surface area (Å²) in [5, 5.41) is 52.3. The van der Waals surface area contributed by atoms with E-state index in [2.05, 4.69) is 63.0 Å². The van der Waals surface area contributed by atoms with E-state index >= 15 is 0 Å². The Labute approximate surface area is 255 Å². The predicted molar refractivity (Wildman–Crippen MR) is 165 cm³/mol. The Morgan fingerprint density at radius 3 is 2.43 bits per heavy atom. The number of hydrogen-bond acceptors (Lipinski definition) is 9. The van der Waals surface area contributed by atoms with E-state index in [4.69, 9.17) is 0 Å². The lowest BCUT2D eigenvalue weighted by atomic mass is 9.82. The third-order valence-corrected chi connectivity index (χ3v) is 7.30. The van der Waals surface area contributed by atoms with Crippen molar-refractivity contribution in [1.82, 2.24) is 16.0 Å². The van der Waals surface area contributed by atoms with Crippen LogP contribution in [0.3, 0.4) is 0 Å². The van der Waals surface area contributed by atoms with Gasteiger partial charge in [0.15, 0.2) is 5.96 Å². The minimum absolute atomic E-state index is 0.0769. The first kappa shape index (κ1) is 33.3. The lowest BCUT2D eigenvalue weighted by Gasteiger charge is -2.29. The first-order chi connectivity index (χ1) is 19.6. The third-order valence-electron chi connectivity index (χ3n) is 6.85. The Hall–Kier alpha value is -3.19. The van der Waals surface area contributed by atoms with Gasteiger partial charge in [-0.1, -0.05) is 56.6 Å². The molecule has 0 bridgehead atoms. The summed E-state index contributed by atoms with van der Waals surface area (Å²) in [5.74, 6) is -2.00. The van der Waals surface area contributed by atoms with Crippen LogP contribution >= 0.6 is 15.9 Å². The molecular weight excluding hydrogens is 606 g/mol.